The normalized spacial score (nSPS) is 10.2. The summed E-state index contributed by atoms with van der Waals surface area (Å²) in [5, 5.41) is 0. The van der Waals surface area contributed by atoms with E-state index < -0.39 is 5.97 Å². The minimum Gasteiger partial charge on any atom is -0.431 e. The molecule has 0 radical (unpaired) electrons. The molecule has 1 aromatic rings. The molecule has 78 valence electrons. The van der Waals surface area contributed by atoms with Gasteiger partial charge in [0.05, 0.1) is 5.76 Å². The van der Waals surface area contributed by atoms with Gasteiger partial charge in [0.15, 0.2) is 0 Å². The van der Waals surface area contributed by atoms with Crippen LogP contribution in [0.4, 0.5) is 0 Å². The molecule has 1 rings (SSSR count). The van der Waals surface area contributed by atoms with Crippen molar-refractivity contribution in [2.45, 2.75) is 6.92 Å². The molecule has 0 unspecified atom stereocenters. The Bertz CT molecular complexity index is 368. The molecule has 0 spiro atoms. The molecule has 1 aromatic carbocycles. The van der Waals surface area contributed by atoms with Crippen molar-refractivity contribution in [3.8, 4) is 0 Å². The molecule has 0 heterocycles. The molecule has 3 nitrogen and oxygen atoms in total. The second kappa shape index (κ2) is 5.75. The van der Waals surface area contributed by atoms with Crippen LogP contribution in [0.1, 0.15) is 12.5 Å². The molecule has 0 aromatic heterocycles. The number of carbonyl (C=O) groups excluding carboxylic acids is 1. The number of nitrogens with zero attached hydrogens (tertiary/aromatic N) is 1. The summed E-state index contributed by atoms with van der Waals surface area (Å²) in [7, 11) is 0. The van der Waals surface area contributed by atoms with Crippen LogP contribution in [0.5, 0.6) is 0 Å². The van der Waals surface area contributed by atoms with Gasteiger partial charge in [0, 0.05) is 6.21 Å². The van der Waals surface area contributed by atoms with Crippen molar-refractivity contribution in [3.05, 3.63) is 48.2 Å². The van der Waals surface area contributed by atoms with E-state index >= 15 is 0 Å². The fraction of sp³-hybridized carbons (Fsp3) is 0.167. The van der Waals surface area contributed by atoms with Gasteiger partial charge >= 0.3 is 5.97 Å². The Balaban J connectivity index is 2.40. The number of allylic oxidation sites excluding steroid dienone is 1. The zero-order chi connectivity index (χ0) is 11.1. The van der Waals surface area contributed by atoms with E-state index in [9.17, 15) is 4.79 Å². The Morgan fingerprint density at radius 1 is 1.47 bits per heavy atom. The highest BCUT2D eigenvalue weighted by molar-refractivity contribution is 5.82. The van der Waals surface area contributed by atoms with Crippen molar-refractivity contribution < 1.29 is 9.53 Å². The van der Waals surface area contributed by atoms with Crippen molar-refractivity contribution >= 4 is 12.2 Å². The van der Waals surface area contributed by atoms with Gasteiger partial charge in [-0.3, -0.25) is 4.99 Å². The van der Waals surface area contributed by atoms with Crippen LogP contribution in [-0.2, 0) is 9.53 Å². The van der Waals surface area contributed by atoms with E-state index in [0.29, 0.717) is 5.76 Å². The van der Waals surface area contributed by atoms with Gasteiger partial charge in [-0.2, -0.15) is 0 Å². The van der Waals surface area contributed by atoms with Crippen LogP contribution in [0.2, 0.25) is 0 Å². The predicted octanol–water partition coefficient (Wildman–Crippen LogP) is 2.18. The maximum absolute atomic E-state index is 11.0. The second-order valence-electron chi connectivity index (χ2n) is 3.06. The lowest BCUT2D eigenvalue weighted by molar-refractivity contribution is -0.137. The molecular weight excluding hydrogens is 190 g/mol. The quantitative estimate of drug-likeness (QED) is 0.427. The number of ether oxygens (including phenoxy) is 1. The molecule has 0 saturated heterocycles. The SMILES string of the molecule is C=C(C)OC(=O)C/N=C/c1ccccc1. The van der Waals surface area contributed by atoms with Crippen LogP contribution < -0.4 is 0 Å². The van der Waals surface area contributed by atoms with Gasteiger partial charge in [-0.1, -0.05) is 36.9 Å². The van der Waals surface area contributed by atoms with E-state index in [1.165, 1.54) is 0 Å². The molecule has 0 amide bonds. The Hall–Kier alpha value is -1.90. The van der Waals surface area contributed by atoms with Gasteiger partial charge in [0.1, 0.15) is 6.54 Å². The molecule has 15 heavy (non-hydrogen) atoms. The molecule has 0 aliphatic carbocycles. The summed E-state index contributed by atoms with van der Waals surface area (Å²) in [5.41, 5.74) is 0.959. The van der Waals surface area contributed by atoms with Gasteiger partial charge < -0.3 is 4.74 Å². The highest BCUT2D eigenvalue weighted by Crippen LogP contribution is 1.95. The first-order valence-electron chi connectivity index (χ1n) is 4.59. The maximum Gasteiger partial charge on any atom is 0.332 e. The fourth-order valence-electron chi connectivity index (χ4n) is 0.991. The minimum atomic E-state index is -0.394. The standard InChI is InChI=1S/C12H13NO2/c1-10(2)15-12(14)9-13-8-11-6-4-3-5-7-11/h3-8H,1,9H2,2H3/b13-8+. The smallest absolute Gasteiger partial charge is 0.332 e. The van der Waals surface area contributed by atoms with E-state index in [1.807, 2.05) is 30.3 Å². The lowest BCUT2D eigenvalue weighted by Crippen LogP contribution is -2.06. The molecule has 0 aliphatic heterocycles. The number of hydrogen-bond acceptors (Lipinski definition) is 3. The summed E-state index contributed by atoms with van der Waals surface area (Å²) in [4.78, 5) is 15.0. The molecule has 0 bridgehead atoms. The zero-order valence-electron chi connectivity index (χ0n) is 8.64. The fourth-order valence-corrected chi connectivity index (χ4v) is 0.991. The van der Waals surface area contributed by atoms with Gasteiger partial charge in [-0.25, -0.2) is 4.79 Å². The van der Waals surface area contributed by atoms with Crippen LogP contribution >= 0.6 is 0 Å². The highest BCUT2D eigenvalue weighted by atomic mass is 16.5. The third-order valence-electron chi connectivity index (χ3n) is 1.55. The van der Waals surface area contributed by atoms with Gasteiger partial charge in [0.2, 0.25) is 0 Å². The molecule has 0 fully saturated rings. The predicted molar refractivity (Wildman–Crippen MR) is 59.8 cm³/mol. The summed E-state index contributed by atoms with van der Waals surface area (Å²) < 4.78 is 4.74. The van der Waals surface area contributed by atoms with Crippen LogP contribution in [0.25, 0.3) is 0 Å². The van der Waals surface area contributed by atoms with Gasteiger partial charge in [0.25, 0.3) is 0 Å². The van der Waals surface area contributed by atoms with E-state index in [1.54, 1.807) is 13.1 Å². The van der Waals surface area contributed by atoms with Crippen LogP contribution in [-0.4, -0.2) is 18.7 Å². The Morgan fingerprint density at radius 2 is 2.13 bits per heavy atom. The van der Waals surface area contributed by atoms with Crippen LogP contribution in [0.15, 0.2) is 47.7 Å². The first-order chi connectivity index (χ1) is 7.18. The Kier molecular flexibility index (Phi) is 4.29. The highest BCUT2D eigenvalue weighted by Gasteiger charge is 1.99. The number of carbonyl (C=O) groups is 1. The van der Waals surface area contributed by atoms with E-state index in [2.05, 4.69) is 11.6 Å². The summed E-state index contributed by atoms with van der Waals surface area (Å²) in [6.45, 7) is 5.11. The molecule has 0 saturated carbocycles. The third-order valence-corrected chi connectivity index (χ3v) is 1.55. The number of rotatable bonds is 4. The zero-order valence-corrected chi connectivity index (χ0v) is 8.64. The first kappa shape index (κ1) is 11.2. The molecule has 0 atom stereocenters. The largest absolute Gasteiger partial charge is 0.431 e. The second-order valence-corrected chi connectivity index (χ2v) is 3.06. The van der Waals surface area contributed by atoms with Gasteiger partial charge in [-0.05, 0) is 12.5 Å². The molecule has 3 heteroatoms. The average Bonchev–Trinajstić information content (AvgIpc) is 2.18. The summed E-state index contributed by atoms with van der Waals surface area (Å²) in [5.74, 6) is -0.00964. The van der Waals surface area contributed by atoms with Crippen molar-refractivity contribution in [2.75, 3.05) is 6.54 Å². The van der Waals surface area contributed by atoms with Crippen molar-refractivity contribution in [2.24, 2.45) is 4.99 Å². The van der Waals surface area contributed by atoms with E-state index in [4.69, 9.17) is 4.74 Å². The van der Waals surface area contributed by atoms with E-state index in [-0.39, 0.29) is 6.54 Å². The number of aliphatic imine (C=N–C) groups is 1. The molecule has 0 aliphatic rings. The number of benzene rings is 1. The Labute approximate surface area is 89.1 Å². The number of hydrogen-bond donors (Lipinski definition) is 0. The minimum absolute atomic E-state index is 0.0156. The maximum atomic E-state index is 11.0. The lowest BCUT2D eigenvalue weighted by atomic mass is 10.2. The van der Waals surface area contributed by atoms with Crippen molar-refractivity contribution in [1.29, 1.82) is 0 Å². The molecular formula is C12H13NO2. The topological polar surface area (TPSA) is 38.7 Å². The van der Waals surface area contributed by atoms with E-state index in [0.717, 1.165) is 5.56 Å². The number of esters is 1. The first-order valence-corrected chi connectivity index (χ1v) is 4.59. The van der Waals surface area contributed by atoms with Crippen LogP contribution in [0.3, 0.4) is 0 Å². The summed E-state index contributed by atoms with van der Waals surface area (Å²) >= 11 is 0. The Morgan fingerprint density at radius 3 is 2.73 bits per heavy atom. The van der Waals surface area contributed by atoms with Gasteiger partial charge in [-0.15, -0.1) is 0 Å². The monoisotopic (exact) mass is 203 g/mol. The third kappa shape index (κ3) is 4.76. The summed E-state index contributed by atoms with van der Waals surface area (Å²) in [6, 6.07) is 9.56. The lowest BCUT2D eigenvalue weighted by Gasteiger charge is -1.98. The molecule has 0 N–H and O–H groups in total. The average molecular weight is 203 g/mol. The van der Waals surface area contributed by atoms with Crippen molar-refractivity contribution in [3.63, 3.8) is 0 Å². The van der Waals surface area contributed by atoms with Crippen molar-refractivity contribution in [1.82, 2.24) is 0 Å². The van der Waals surface area contributed by atoms with Crippen LogP contribution in [0, 0.1) is 0 Å². The summed E-state index contributed by atoms with van der Waals surface area (Å²) in [6.07, 6.45) is 1.64.